The van der Waals surface area contributed by atoms with Crippen LogP contribution in [0.1, 0.15) is 45.1 Å². The molecule has 11 heteroatoms. The molecule has 0 aromatic carbocycles. The van der Waals surface area contributed by atoms with Gasteiger partial charge in [-0.15, -0.1) is 0 Å². The standard InChI is InChI=1S/C20H28F3N3O5/c1-5-19(6-2,17(27)26(3)4)25-18(28)31-15-10-9-14(20(21,22)23)16(24-15)30-12-13-8-7-11-29-13/h9-10,13H,5-8,11-12H2,1-4H3,(H,25,28). The van der Waals surface area contributed by atoms with Crippen LogP contribution in [0, 0.1) is 0 Å². The van der Waals surface area contributed by atoms with Gasteiger partial charge in [0.15, 0.2) is 0 Å². The van der Waals surface area contributed by atoms with E-state index in [1.54, 1.807) is 27.9 Å². The molecule has 0 spiro atoms. The first-order valence-electron chi connectivity index (χ1n) is 10.1. The molecule has 0 bridgehead atoms. The van der Waals surface area contributed by atoms with Gasteiger partial charge in [-0.2, -0.15) is 18.2 Å². The SMILES string of the molecule is CCC(CC)(NC(=O)Oc1ccc(C(F)(F)F)c(OCC2CCCO2)n1)C(=O)N(C)C. The summed E-state index contributed by atoms with van der Waals surface area (Å²) in [4.78, 5) is 30.0. The smallest absolute Gasteiger partial charge is 0.421 e. The minimum atomic E-state index is -4.70. The number of rotatable bonds is 8. The number of nitrogens with zero attached hydrogens (tertiary/aromatic N) is 2. The van der Waals surface area contributed by atoms with Gasteiger partial charge in [-0.3, -0.25) is 4.79 Å². The van der Waals surface area contributed by atoms with E-state index >= 15 is 0 Å². The van der Waals surface area contributed by atoms with Crippen LogP contribution in [0.15, 0.2) is 12.1 Å². The van der Waals surface area contributed by atoms with Crippen molar-refractivity contribution in [3.05, 3.63) is 17.7 Å². The molecule has 1 N–H and O–H groups in total. The van der Waals surface area contributed by atoms with E-state index in [2.05, 4.69) is 10.3 Å². The number of amides is 2. The number of halogens is 3. The predicted octanol–water partition coefficient (Wildman–Crippen LogP) is 3.39. The fraction of sp³-hybridized carbons (Fsp3) is 0.650. The first-order valence-corrected chi connectivity index (χ1v) is 10.1. The molecule has 174 valence electrons. The highest BCUT2D eigenvalue weighted by molar-refractivity contribution is 5.89. The molecular weight excluding hydrogens is 419 g/mol. The highest BCUT2D eigenvalue weighted by atomic mass is 19.4. The molecule has 2 rings (SSSR count). The lowest BCUT2D eigenvalue weighted by Gasteiger charge is -2.33. The van der Waals surface area contributed by atoms with Crippen molar-refractivity contribution in [3.8, 4) is 11.8 Å². The number of hydrogen-bond acceptors (Lipinski definition) is 6. The second kappa shape index (κ2) is 10.2. The predicted molar refractivity (Wildman–Crippen MR) is 105 cm³/mol. The molecule has 31 heavy (non-hydrogen) atoms. The topological polar surface area (TPSA) is 90.0 Å². The number of carbonyl (C=O) groups excluding carboxylic acids is 2. The van der Waals surface area contributed by atoms with Crippen molar-refractivity contribution < 1.29 is 37.0 Å². The Morgan fingerprint density at radius 1 is 1.26 bits per heavy atom. The van der Waals surface area contributed by atoms with Gasteiger partial charge in [0, 0.05) is 26.8 Å². The maximum atomic E-state index is 13.3. The summed E-state index contributed by atoms with van der Waals surface area (Å²) in [5, 5.41) is 2.53. The van der Waals surface area contributed by atoms with Gasteiger partial charge in [-0.05, 0) is 31.7 Å². The zero-order chi connectivity index (χ0) is 23.2. The lowest BCUT2D eigenvalue weighted by Crippen LogP contribution is -2.58. The van der Waals surface area contributed by atoms with E-state index in [4.69, 9.17) is 14.2 Å². The third-order valence-corrected chi connectivity index (χ3v) is 5.13. The summed E-state index contributed by atoms with van der Waals surface area (Å²) in [7, 11) is 3.12. The second-order valence-corrected chi connectivity index (χ2v) is 7.45. The Hall–Kier alpha value is -2.56. The maximum Gasteiger partial charge on any atom is 0.421 e. The molecule has 2 heterocycles. The molecule has 2 amide bonds. The van der Waals surface area contributed by atoms with Gasteiger partial charge in [0.1, 0.15) is 17.7 Å². The van der Waals surface area contributed by atoms with E-state index in [0.29, 0.717) is 25.9 Å². The van der Waals surface area contributed by atoms with Gasteiger partial charge in [0.2, 0.25) is 17.7 Å². The van der Waals surface area contributed by atoms with Crippen LogP contribution < -0.4 is 14.8 Å². The third kappa shape index (κ3) is 6.22. The van der Waals surface area contributed by atoms with E-state index in [-0.39, 0.29) is 24.5 Å². The summed E-state index contributed by atoms with van der Waals surface area (Å²) in [6, 6.07) is 1.66. The van der Waals surface area contributed by atoms with Crippen molar-refractivity contribution in [2.24, 2.45) is 0 Å². The van der Waals surface area contributed by atoms with E-state index in [9.17, 15) is 22.8 Å². The Morgan fingerprint density at radius 2 is 1.94 bits per heavy atom. The van der Waals surface area contributed by atoms with Crippen molar-refractivity contribution in [1.82, 2.24) is 15.2 Å². The van der Waals surface area contributed by atoms with Crippen molar-refractivity contribution in [1.29, 1.82) is 0 Å². The molecule has 1 unspecified atom stereocenters. The van der Waals surface area contributed by atoms with E-state index < -0.39 is 29.3 Å². The summed E-state index contributed by atoms with van der Waals surface area (Å²) < 4.78 is 55.6. The zero-order valence-corrected chi connectivity index (χ0v) is 18.0. The molecule has 1 aromatic heterocycles. The molecule has 1 fully saturated rings. The minimum Gasteiger partial charge on any atom is -0.474 e. The number of pyridine rings is 1. The highest BCUT2D eigenvalue weighted by Crippen LogP contribution is 2.36. The first kappa shape index (κ1) is 24.7. The zero-order valence-electron chi connectivity index (χ0n) is 18.0. The Bertz CT molecular complexity index is 776. The fourth-order valence-electron chi connectivity index (χ4n) is 3.28. The summed E-state index contributed by atoms with van der Waals surface area (Å²) >= 11 is 0. The lowest BCUT2D eigenvalue weighted by molar-refractivity contribution is -0.139. The van der Waals surface area contributed by atoms with Crippen molar-refractivity contribution in [2.45, 2.75) is 57.3 Å². The number of alkyl halides is 3. The molecule has 8 nitrogen and oxygen atoms in total. The fourth-order valence-corrected chi connectivity index (χ4v) is 3.28. The van der Waals surface area contributed by atoms with Crippen LogP contribution in [-0.4, -0.2) is 60.8 Å². The summed E-state index contributed by atoms with van der Waals surface area (Å²) in [6.07, 6.45) is -3.94. The van der Waals surface area contributed by atoms with Crippen molar-refractivity contribution in [2.75, 3.05) is 27.3 Å². The monoisotopic (exact) mass is 447 g/mol. The average Bonchev–Trinajstić information content (AvgIpc) is 3.23. The Balaban J connectivity index is 2.18. The van der Waals surface area contributed by atoms with Gasteiger partial charge in [-0.1, -0.05) is 13.8 Å². The van der Waals surface area contributed by atoms with Crippen LogP contribution in [0.2, 0.25) is 0 Å². The molecule has 0 aliphatic carbocycles. The van der Waals surface area contributed by atoms with E-state index in [0.717, 1.165) is 18.6 Å². The van der Waals surface area contributed by atoms with Gasteiger partial charge in [-0.25, -0.2) is 4.79 Å². The number of aromatic nitrogens is 1. The number of ether oxygens (including phenoxy) is 3. The van der Waals surface area contributed by atoms with E-state index in [1.807, 2.05) is 0 Å². The molecule has 1 saturated heterocycles. The summed E-state index contributed by atoms with van der Waals surface area (Å²) in [5.74, 6) is -1.41. The maximum absolute atomic E-state index is 13.3. The van der Waals surface area contributed by atoms with Crippen LogP contribution in [0.4, 0.5) is 18.0 Å². The van der Waals surface area contributed by atoms with Gasteiger partial charge >= 0.3 is 12.3 Å². The second-order valence-electron chi connectivity index (χ2n) is 7.45. The van der Waals surface area contributed by atoms with Gasteiger partial charge in [0.25, 0.3) is 0 Å². The number of nitrogens with one attached hydrogen (secondary N) is 1. The van der Waals surface area contributed by atoms with Crippen LogP contribution in [-0.2, 0) is 15.7 Å². The minimum absolute atomic E-state index is 0.0994. The van der Waals surface area contributed by atoms with Crippen LogP contribution in [0.25, 0.3) is 0 Å². The largest absolute Gasteiger partial charge is 0.474 e. The summed E-state index contributed by atoms with van der Waals surface area (Å²) in [6.45, 7) is 3.90. The number of hydrogen-bond donors (Lipinski definition) is 1. The van der Waals surface area contributed by atoms with Crippen LogP contribution in [0.5, 0.6) is 11.8 Å². The Morgan fingerprint density at radius 3 is 2.45 bits per heavy atom. The molecule has 0 saturated carbocycles. The molecule has 1 atom stereocenters. The molecule has 1 aromatic rings. The Kier molecular flexibility index (Phi) is 8.10. The van der Waals surface area contributed by atoms with Crippen LogP contribution in [0.3, 0.4) is 0 Å². The highest BCUT2D eigenvalue weighted by Gasteiger charge is 2.39. The van der Waals surface area contributed by atoms with Crippen molar-refractivity contribution in [3.63, 3.8) is 0 Å². The molecule has 1 aliphatic heterocycles. The quantitative estimate of drug-likeness (QED) is 0.657. The summed E-state index contributed by atoms with van der Waals surface area (Å²) in [5.41, 5.74) is -2.29. The van der Waals surface area contributed by atoms with Crippen LogP contribution >= 0.6 is 0 Å². The first-order chi connectivity index (χ1) is 14.5. The number of likely N-dealkylation sites (N-methyl/N-ethyl adjacent to an activating group) is 1. The normalized spacial score (nSPS) is 16.7. The third-order valence-electron chi connectivity index (χ3n) is 5.13. The molecular formula is C20H28F3N3O5. The van der Waals surface area contributed by atoms with Gasteiger partial charge in [0.05, 0.1) is 6.10 Å². The molecule has 1 aliphatic rings. The van der Waals surface area contributed by atoms with E-state index in [1.165, 1.54) is 4.90 Å². The Labute approximate surface area is 179 Å². The average molecular weight is 447 g/mol. The number of carbonyl (C=O) groups is 2. The van der Waals surface area contributed by atoms with Crippen molar-refractivity contribution >= 4 is 12.0 Å². The molecule has 0 radical (unpaired) electrons. The lowest BCUT2D eigenvalue weighted by atomic mass is 9.91. The van der Waals surface area contributed by atoms with Gasteiger partial charge < -0.3 is 24.4 Å².